The second-order valence-electron chi connectivity index (χ2n) is 9.60. The van der Waals surface area contributed by atoms with Crippen LogP contribution in [0.2, 0.25) is 0 Å². The molecule has 0 bridgehead atoms. The molecule has 2 aromatic carbocycles. The summed E-state index contributed by atoms with van der Waals surface area (Å²) in [6.07, 6.45) is 5.96. The number of halogens is 4. The molecule has 5 nitrogen and oxygen atoms in total. The Morgan fingerprint density at radius 1 is 1.06 bits per heavy atom. The third-order valence-electron chi connectivity index (χ3n) is 6.92. The van der Waals surface area contributed by atoms with E-state index in [1.54, 1.807) is 6.07 Å². The Labute approximate surface area is 219 Å². The van der Waals surface area contributed by atoms with E-state index in [2.05, 4.69) is 22.8 Å². The predicted octanol–water partition coefficient (Wildman–Crippen LogP) is 5.18. The second kappa shape index (κ2) is 12.9. The van der Waals surface area contributed by atoms with Crippen LogP contribution in [-0.2, 0) is 6.42 Å². The Kier molecular flexibility index (Phi) is 10.8. The molecule has 4 rings (SSSR count). The van der Waals surface area contributed by atoms with Crippen molar-refractivity contribution in [1.82, 2.24) is 10.2 Å². The maximum atomic E-state index is 13.3. The molecule has 35 heavy (non-hydrogen) atoms. The first-order valence-corrected chi connectivity index (χ1v) is 11.9. The highest BCUT2D eigenvalue weighted by Crippen LogP contribution is 2.38. The normalized spacial score (nSPS) is 23.2. The van der Waals surface area contributed by atoms with Crippen molar-refractivity contribution in [2.24, 2.45) is 22.6 Å². The summed E-state index contributed by atoms with van der Waals surface area (Å²) in [5.41, 5.74) is 9.82. The van der Waals surface area contributed by atoms with Gasteiger partial charge in [-0.25, -0.2) is 13.8 Å². The fourth-order valence-corrected chi connectivity index (χ4v) is 5.03. The van der Waals surface area contributed by atoms with Crippen molar-refractivity contribution in [3.63, 3.8) is 0 Å². The summed E-state index contributed by atoms with van der Waals surface area (Å²) in [6.45, 7) is 1.85. The number of nitrogens with zero attached hydrogens (tertiary/aromatic N) is 2. The molecule has 0 saturated heterocycles. The van der Waals surface area contributed by atoms with Crippen LogP contribution in [-0.4, -0.2) is 43.7 Å². The first-order valence-electron chi connectivity index (χ1n) is 11.9. The Hall–Kier alpha value is -1.93. The van der Waals surface area contributed by atoms with Gasteiger partial charge < -0.3 is 15.5 Å². The molecular formula is C26H37Cl2F2N5. The molecule has 0 amide bonds. The van der Waals surface area contributed by atoms with Gasteiger partial charge in [-0.15, -0.1) is 24.8 Å². The van der Waals surface area contributed by atoms with Crippen molar-refractivity contribution in [1.29, 1.82) is 0 Å². The van der Waals surface area contributed by atoms with Crippen LogP contribution in [0.1, 0.15) is 43.2 Å². The largest absolute Gasteiger partial charge is 0.362 e. The summed E-state index contributed by atoms with van der Waals surface area (Å²) in [7, 11) is 4.02. The van der Waals surface area contributed by atoms with Crippen LogP contribution >= 0.6 is 24.8 Å². The average Bonchev–Trinajstić information content (AvgIpc) is 2.81. The lowest BCUT2D eigenvalue weighted by Crippen LogP contribution is -2.56. The van der Waals surface area contributed by atoms with E-state index in [4.69, 9.17) is 10.7 Å². The maximum absolute atomic E-state index is 13.3. The molecule has 2 aromatic rings. The van der Waals surface area contributed by atoms with Crippen LogP contribution in [0, 0.1) is 23.5 Å². The third-order valence-corrected chi connectivity index (χ3v) is 6.92. The highest BCUT2D eigenvalue weighted by Gasteiger charge is 2.40. The van der Waals surface area contributed by atoms with Gasteiger partial charge in [0, 0.05) is 31.3 Å². The lowest BCUT2D eigenvalue weighted by atomic mass is 9.78. The first-order chi connectivity index (χ1) is 15.9. The van der Waals surface area contributed by atoms with Gasteiger partial charge in [-0.05, 0) is 87.4 Å². The van der Waals surface area contributed by atoms with Gasteiger partial charge in [0.15, 0.2) is 17.4 Å². The van der Waals surface area contributed by atoms with Crippen molar-refractivity contribution >= 4 is 36.3 Å². The summed E-state index contributed by atoms with van der Waals surface area (Å²) in [4.78, 5) is 7.01. The monoisotopic (exact) mass is 527 g/mol. The topological polar surface area (TPSA) is 65.7 Å². The molecule has 0 spiro atoms. The van der Waals surface area contributed by atoms with E-state index in [1.165, 1.54) is 12.1 Å². The Bertz CT molecular complexity index is 995. The van der Waals surface area contributed by atoms with Gasteiger partial charge in [0.05, 0.1) is 0 Å². The minimum absolute atomic E-state index is 0. The number of nitrogens with two attached hydrogens (primary N) is 1. The number of nitrogens with one attached hydrogen (secondary N) is 2. The van der Waals surface area contributed by atoms with Crippen molar-refractivity contribution in [3.05, 3.63) is 65.2 Å². The zero-order valence-electron chi connectivity index (χ0n) is 20.4. The SMILES string of the molecule is CN(C)C1=NC(N)(C2CCC(CNCCCc3ccc(F)c(F)c3)CC2)Nc2ccccc21.Cl.Cl. The van der Waals surface area contributed by atoms with Crippen LogP contribution in [0.25, 0.3) is 0 Å². The fourth-order valence-electron chi connectivity index (χ4n) is 5.03. The Morgan fingerprint density at radius 3 is 2.46 bits per heavy atom. The van der Waals surface area contributed by atoms with Crippen LogP contribution < -0.4 is 16.4 Å². The van der Waals surface area contributed by atoms with Crippen molar-refractivity contribution in [2.75, 3.05) is 32.5 Å². The molecular weight excluding hydrogens is 491 g/mol. The zero-order valence-corrected chi connectivity index (χ0v) is 22.0. The lowest BCUT2D eigenvalue weighted by molar-refractivity contribution is 0.192. The van der Waals surface area contributed by atoms with Gasteiger partial charge >= 0.3 is 0 Å². The first kappa shape index (κ1) is 29.3. The highest BCUT2D eigenvalue weighted by atomic mass is 35.5. The molecule has 1 fully saturated rings. The highest BCUT2D eigenvalue weighted by molar-refractivity contribution is 6.05. The van der Waals surface area contributed by atoms with Crippen LogP contribution in [0.3, 0.4) is 0 Å². The predicted molar refractivity (Wildman–Crippen MR) is 145 cm³/mol. The van der Waals surface area contributed by atoms with Gasteiger partial charge in [0.25, 0.3) is 0 Å². The Balaban J connectivity index is 0.00000216. The average molecular weight is 529 g/mol. The molecule has 9 heteroatoms. The number of rotatable bonds is 7. The molecule has 1 atom stereocenters. The van der Waals surface area contributed by atoms with E-state index in [-0.39, 0.29) is 30.7 Å². The van der Waals surface area contributed by atoms with E-state index in [9.17, 15) is 8.78 Å². The zero-order chi connectivity index (χ0) is 23.4. The summed E-state index contributed by atoms with van der Waals surface area (Å²) in [5, 5.41) is 7.06. The van der Waals surface area contributed by atoms with Crippen molar-refractivity contribution < 1.29 is 8.78 Å². The molecule has 1 heterocycles. The molecule has 1 aliphatic carbocycles. The number of aryl methyl sites for hydroxylation is 1. The van der Waals surface area contributed by atoms with Crippen LogP contribution in [0.15, 0.2) is 47.5 Å². The summed E-state index contributed by atoms with van der Waals surface area (Å²) in [6, 6.07) is 12.4. The third kappa shape index (κ3) is 7.06. The van der Waals surface area contributed by atoms with E-state index >= 15 is 0 Å². The van der Waals surface area contributed by atoms with Crippen LogP contribution in [0.4, 0.5) is 14.5 Å². The van der Waals surface area contributed by atoms with Crippen molar-refractivity contribution in [2.45, 2.75) is 44.3 Å². The maximum Gasteiger partial charge on any atom is 0.187 e. The Morgan fingerprint density at radius 2 is 1.77 bits per heavy atom. The lowest BCUT2D eigenvalue weighted by Gasteiger charge is -2.43. The summed E-state index contributed by atoms with van der Waals surface area (Å²) < 4.78 is 26.3. The number of hydrogen-bond acceptors (Lipinski definition) is 5. The molecule has 194 valence electrons. The van der Waals surface area contributed by atoms with Gasteiger partial charge in [-0.1, -0.05) is 18.2 Å². The minimum atomic E-state index is -0.789. The number of amidine groups is 1. The second-order valence-corrected chi connectivity index (χ2v) is 9.60. The molecule has 1 saturated carbocycles. The van der Waals surface area contributed by atoms with Crippen molar-refractivity contribution in [3.8, 4) is 0 Å². The van der Waals surface area contributed by atoms with Gasteiger partial charge in [-0.2, -0.15) is 0 Å². The molecule has 1 unspecified atom stereocenters. The quantitative estimate of drug-likeness (QED) is 0.434. The van der Waals surface area contributed by atoms with Gasteiger partial charge in [0.2, 0.25) is 0 Å². The molecule has 2 aliphatic rings. The molecule has 1 aliphatic heterocycles. The van der Waals surface area contributed by atoms with Crippen LogP contribution in [0.5, 0.6) is 0 Å². The van der Waals surface area contributed by atoms with E-state index < -0.39 is 17.4 Å². The summed E-state index contributed by atoms with van der Waals surface area (Å²) in [5.74, 6) is -0.504. The number of benzene rings is 2. The summed E-state index contributed by atoms with van der Waals surface area (Å²) >= 11 is 0. The molecule has 0 radical (unpaired) electrons. The van der Waals surface area contributed by atoms with E-state index in [1.807, 2.05) is 31.1 Å². The number of anilines is 1. The number of para-hydroxylation sites is 1. The minimum Gasteiger partial charge on any atom is -0.362 e. The van der Waals surface area contributed by atoms with E-state index in [0.717, 1.165) is 74.3 Å². The number of aliphatic imine (C=N–C) groups is 1. The smallest absolute Gasteiger partial charge is 0.187 e. The van der Waals surface area contributed by atoms with E-state index in [0.29, 0.717) is 5.92 Å². The molecule has 4 N–H and O–H groups in total. The standard InChI is InChI=1S/C26H35F2N5.2ClH/c1-33(2)25-21-7-3-4-8-24(21)31-26(29,32-25)20-12-9-19(10-13-20)17-30-15-5-6-18-11-14-22(27)23(28)16-18;;/h3-4,7-8,11,14,16,19-20,30-31H,5-6,9-10,12-13,15,17,29H2,1-2H3;2*1H. The number of fused-ring (bicyclic) bond motifs is 1. The molecule has 0 aromatic heterocycles. The fraction of sp³-hybridized carbons (Fsp3) is 0.500. The van der Waals surface area contributed by atoms with Gasteiger partial charge in [0.1, 0.15) is 5.84 Å². The number of hydrogen-bond donors (Lipinski definition) is 3. The van der Waals surface area contributed by atoms with Gasteiger partial charge in [-0.3, -0.25) is 5.73 Å².